The van der Waals surface area contributed by atoms with Gasteiger partial charge in [-0.15, -0.1) is 12.6 Å². The Hall–Kier alpha value is 0.0900. The van der Waals surface area contributed by atoms with Crippen molar-refractivity contribution in [2.75, 3.05) is 0 Å². The van der Waals surface area contributed by atoms with Gasteiger partial charge in [0.15, 0.2) is 0 Å². The molecule has 0 N–H and O–H groups in total. The molecule has 0 atom stereocenters. The molecule has 0 aromatic heterocycles. The average Bonchev–Trinajstić information content (AvgIpc) is 2.24. The summed E-state index contributed by atoms with van der Waals surface area (Å²) < 4.78 is 0. The first kappa shape index (κ1) is 13.2. The molecular formula is C14H26S. The van der Waals surface area contributed by atoms with Crippen molar-refractivity contribution in [2.24, 2.45) is 5.41 Å². The van der Waals surface area contributed by atoms with Crippen LogP contribution < -0.4 is 0 Å². The van der Waals surface area contributed by atoms with Crippen molar-refractivity contribution in [3.63, 3.8) is 0 Å². The maximum Gasteiger partial charge on any atom is -0.00239 e. The minimum absolute atomic E-state index is 0.299. The van der Waals surface area contributed by atoms with E-state index in [1.165, 1.54) is 64.2 Å². The minimum Gasteiger partial charge on any atom is -0.148 e. The van der Waals surface area contributed by atoms with Gasteiger partial charge in [-0.25, -0.2) is 0 Å². The summed E-state index contributed by atoms with van der Waals surface area (Å²) in [5.74, 6) is 0. The van der Waals surface area contributed by atoms with E-state index in [1.807, 2.05) is 0 Å². The van der Waals surface area contributed by atoms with Crippen molar-refractivity contribution in [3.05, 3.63) is 11.5 Å². The molecule has 1 saturated carbocycles. The molecule has 0 radical (unpaired) electrons. The molecule has 1 rings (SSSR count). The van der Waals surface area contributed by atoms with Crippen LogP contribution in [0.5, 0.6) is 0 Å². The summed E-state index contributed by atoms with van der Waals surface area (Å²) >= 11 is 4.50. The van der Waals surface area contributed by atoms with Crippen LogP contribution in [0.4, 0.5) is 0 Å². The van der Waals surface area contributed by atoms with Gasteiger partial charge in [-0.05, 0) is 23.2 Å². The van der Waals surface area contributed by atoms with Gasteiger partial charge in [0.2, 0.25) is 0 Å². The zero-order valence-corrected chi connectivity index (χ0v) is 11.1. The molecule has 1 aliphatic carbocycles. The predicted molar refractivity (Wildman–Crippen MR) is 72.4 cm³/mol. The molecule has 0 unspecified atom stereocenters. The Balaban J connectivity index is 2.49. The van der Waals surface area contributed by atoms with E-state index in [2.05, 4.69) is 26.1 Å². The van der Waals surface area contributed by atoms with Crippen molar-refractivity contribution in [1.29, 1.82) is 0 Å². The Morgan fingerprint density at radius 1 is 0.867 bits per heavy atom. The van der Waals surface area contributed by atoms with E-state index >= 15 is 0 Å². The van der Waals surface area contributed by atoms with Crippen LogP contribution in [-0.4, -0.2) is 0 Å². The zero-order valence-electron chi connectivity index (χ0n) is 10.2. The maximum absolute atomic E-state index is 4.50. The fraction of sp³-hybridized carbons (Fsp3) is 0.857. The number of hydrogen-bond acceptors (Lipinski definition) is 1. The SMILES string of the molecule is C=C(S)C1(C)CCCCCCCCCC1. The molecule has 88 valence electrons. The van der Waals surface area contributed by atoms with Crippen LogP contribution in [0.1, 0.15) is 71.1 Å². The van der Waals surface area contributed by atoms with Crippen LogP contribution in [0, 0.1) is 5.41 Å². The van der Waals surface area contributed by atoms with Gasteiger partial charge in [-0.2, -0.15) is 0 Å². The number of thiol groups is 1. The van der Waals surface area contributed by atoms with Gasteiger partial charge in [-0.3, -0.25) is 0 Å². The summed E-state index contributed by atoms with van der Waals surface area (Å²) in [6, 6.07) is 0. The highest BCUT2D eigenvalue weighted by molar-refractivity contribution is 7.84. The fourth-order valence-corrected chi connectivity index (χ4v) is 2.73. The Labute approximate surface area is 101 Å². The second kappa shape index (κ2) is 6.62. The minimum atomic E-state index is 0.299. The van der Waals surface area contributed by atoms with Crippen LogP contribution in [-0.2, 0) is 0 Å². The Morgan fingerprint density at radius 3 is 1.53 bits per heavy atom. The predicted octanol–water partition coefficient (Wildman–Crippen LogP) is 5.35. The van der Waals surface area contributed by atoms with E-state index in [1.54, 1.807) is 0 Å². The summed E-state index contributed by atoms with van der Waals surface area (Å²) in [4.78, 5) is 1.10. The van der Waals surface area contributed by atoms with Crippen molar-refractivity contribution < 1.29 is 0 Å². The molecule has 15 heavy (non-hydrogen) atoms. The molecule has 0 spiro atoms. The highest BCUT2D eigenvalue weighted by atomic mass is 32.1. The van der Waals surface area contributed by atoms with Gasteiger partial charge in [-0.1, -0.05) is 64.9 Å². The van der Waals surface area contributed by atoms with Crippen LogP contribution in [0.2, 0.25) is 0 Å². The third-order valence-corrected chi connectivity index (χ3v) is 4.44. The topological polar surface area (TPSA) is 0 Å². The van der Waals surface area contributed by atoms with E-state index in [0.717, 1.165) is 4.91 Å². The first-order valence-electron chi connectivity index (χ1n) is 6.53. The van der Waals surface area contributed by atoms with Gasteiger partial charge in [0.05, 0.1) is 0 Å². The third kappa shape index (κ3) is 4.63. The Bertz CT molecular complexity index is 184. The molecular weight excluding hydrogens is 200 g/mol. The van der Waals surface area contributed by atoms with E-state index in [9.17, 15) is 0 Å². The van der Waals surface area contributed by atoms with Crippen molar-refractivity contribution in [3.8, 4) is 0 Å². The lowest BCUT2D eigenvalue weighted by Gasteiger charge is -2.29. The van der Waals surface area contributed by atoms with Crippen molar-refractivity contribution >= 4 is 12.6 Å². The second-order valence-corrected chi connectivity index (χ2v) is 5.88. The zero-order chi connectivity index (χ0) is 11.1. The normalized spacial score (nSPS) is 24.1. The molecule has 0 nitrogen and oxygen atoms in total. The molecule has 0 saturated heterocycles. The standard InChI is InChI=1S/C14H26S/c1-13(15)14(2)11-9-7-5-3-4-6-8-10-12-14/h15H,1,3-12H2,2H3. The highest BCUT2D eigenvalue weighted by Gasteiger charge is 2.24. The molecule has 0 aromatic rings. The van der Waals surface area contributed by atoms with Crippen molar-refractivity contribution in [1.82, 2.24) is 0 Å². The number of rotatable bonds is 1. The van der Waals surface area contributed by atoms with Gasteiger partial charge in [0.1, 0.15) is 0 Å². The summed E-state index contributed by atoms with van der Waals surface area (Å²) in [5, 5.41) is 0. The van der Waals surface area contributed by atoms with Crippen LogP contribution in [0.15, 0.2) is 11.5 Å². The quantitative estimate of drug-likeness (QED) is 0.572. The largest absolute Gasteiger partial charge is 0.148 e. The molecule has 0 amide bonds. The highest BCUT2D eigenvalue weighted by Crippen LogP contribution is 2.39. The molecule has 0 aromatic carbocycles. The monoisotopic (exact) mass is 226 g/mol. The van der Waals surface area contributed by atoms with E-state index < -0.39 is 0 Å². The molecule has 1 aliphatic rings. The molecule has 0 heterocycles. The summed E-state index contributed by atoms with van der Waals surface area (Å²) in [6.45, 7) is 6.41. The summed E-state index contributed by atoms with van der Waals surface area (Å²) in [7, 11) is 0. The lowest BCUT2D eigenvalue weighted by atomic mass is 9.80. The molecule has 1 heteroatoms. The van der Waals surface area contributed by atoms with Gasteiger partial charge >= 0.3 is 0 Å². The first-order valence-corrected chi connectivity index (χ1v) is 6.98. The van der Waals surface area contributed by atoms with E-state index in [0.29, 0.717) is 5.41 Å². The first-order chi connectivity index (χ1) is 7.15. The summed E-state index contributed by atoms with van der Waals surface area (Å²) in [5.41, 5.74) is 0.299. The van der Waals surface area contributed by atoms with Crippen molar-refractivity contribution in [2.45, 2.75) is 71.1 Å². The van der Waals surface area contributed by atoms with Crippen LogP contribution in [0.25, 0.3) is 0 Å². The fourth-order valence-electron chi connectivity index (χ4n) is 2.50. The van der Waals surface area contributed by atoms with E-state index in [4.69, 9.17) is 0 Å². The molecule has 0 bridgehead atoms. The summed E-state index contributed by atoms with van der Waals surface area (Å²) in [6.07, 6.45) is 13.8. The number of hydrogen-bond donors (Lipinski definition) is 1. The average molecular weight is 226 g/mol. The lowest BCUT2D eigenvalue weighted by Crippen LogP contribution is -2.16. The smallest absolute Gasteiger partial charge is 0.00239 e. The van der Waals surface area contributed by atoms with Crippen LogP contribution >= 0.6 is 12.6 Å². The second-order valence-electron chi connectivity index (χ2n) is 5.34. The van der Waals surface area contributed by atoms with Crippen LogP contribution in [0.3, 0.4) is 0 Å². The molecule has 0 aliphatic heterocycles. The Kier molecular flexibility index (Phi) is 5.81. The molecule has 1 fully saturated rings. The van der Waals surface area contributed by atoms with Gasteiger partial charge in [0.25, 0.3) is 0 Å². The third-order valence-electron chi connectivity index (χ3n) is 3.90. The lowest BCUT2D eigenvalue weighted by molar-refractivity contribution is 0.328. The van der Waals surface area contributed by atoms with Gasteiger partial charge in [0, 0.05) is 0 Å². The number of allylic oxidation sites excluding steroid dienone is 1. The Morgan fingerprint density at radius 2 is 1.20 bits per heavy atom. The maximum atomic E-state index is 4.50. The van der Waals surface area contributed by atoms with Gasteiger partial charge < -0.3 is 0 Å². The van der Waals surface area contributed by atoms with E-state index in [-0.39, 0.29) is 0 Å².